The molecule has 2 nitrogen and oxygen atoms in total. The number of aryl methyl sites for hydroxylation is 6. The number of rotatable bonds is 4. The van der Waals surface area contributed by atoms with Gasteiger partial charge in [-0.25, -0.2) is 0 Å². The first-order chi connectivity index (χ1) is 12.3. The van der Waals surface area contributed by atoms with Crippen molar-refractivity contribution in [3.8, 4) is 0 Å². The Labute approximate surface area is 160 Å². The van der Waals surface area contributed by atoms with E-state index in [0.717, 1.165) is 0 Å². The molecule has 0 N–H and O–H groups in total. The minimum atomic E-state index is -2.53. The van der Waals surface area contributed by atoms with Crippen LogP contribution < -0.4 is 8.79 Å². The third-order valence-corrected chi connectivity index (χ3v) is 11.7. The summed E-state index contributed by atoms with van der Waals surface area (Å²) in [6, 6.07) is 12.4. The summed E-state index contributed by atoms with van der Waals surface area (Å²) in [5.41, 5.74) is 7.36. The molecule has 0 aliphatic carbocycles. The second kappa shape index (κ2) is 7.28. The van der Waals surface area contributed by atoms with E-state index in [9.17, 15) is 4.79 Å². The molecule has 0 fully saturated rings. The molecule has 0 unspecified atom stereocenters. The molecule has 0 spiro atoms. The van der Waals surface area contributed by atoms with Gasteiger partial charge in [-0.2, -0.15) is 0 Å². The molecule has 3 rings (SSSR count). The number of benzene rings is 2. The van der Waals surface area contributed by atoms with Crippen molar-refractivity contribution in [3.05, 3.63) is 81.8 Å². The third-order valence-electron chi connectivity index (χ3n) is 4.83. The zero-order valence-corrected chi connectivity index (χ0v) is 18.5. The summed E-state index contributed by atoms with van der Waals surface area (Å²) in [7, 11) is 0. The van der Waals surface area contributed by atoms with Crippen LogP contribution in [0.25, 0.3) is 0 Å². The molecule has 0 bridgehead atoms. The van der Waals surface area contributed by atoms with E-state index in [2.05, 4.69) is 65.8 Å². The van der Waals surface area contributed by atoms with Gasteiger partial charge in [0.1, 0.15) is 0 Å². The molecule has 26 heavy (non-hydrogen) atoms. The quantitative estimate of drug-likeness (QED) is 0.610. The van der Waals surface area contributed by atoms with E-state index in [-0.39, 0.29) is 4.62 Å². The predicted octanol–water partition coefficient (Wildman–Crippen LogP) is 4.16. The first kappa shape index (κ1) is 18.7. The van der Waals surface area contributed by atoms with Crippen LogP contribution in [0.2, 0.25) is 0 Å². The Bertz CT molecular complexity index is 864. The van der Waals surface area contributed by atoms with Crippen molar-refractivity contribution in [2.75, 3.05) is 0 Å². The maximum atomic E-state index is 13.6. The summed E-state index contributed by atoms with van der Waals surface area (Å²) in [6.45, 7) is 12.8. The van der Waals surface area contributed by atoms with Crippen LogP contribution in [0.4, 0.5) is 0 Å². The zero-order valence-electron chi connectivity index (χ0n) is 16.4. The van der Waals surface area contributed by atoms with Gasteiger partial charge < -0.3 is 0 Å². The van der Waals surface area contributed by atoms with E-state index in [1.165, 1.54) is 42.2 Å². The van der Waals surface area contributed by atoms with Gasteiger partial charge >= 0.3 is 160 Å². The Hall–Kier alpha value is -2.07. The Morgan fingerprint density at radius 3 is 1.54 bits per heavy atom. The third kappa shape index (κ3) is 3.43. The molecule has 0 atom stereocenters. The molecular weight excluding hydrogens is 381 g/mol. The Morgan fingerprint density at radius 2 is 1.19 bits per heavy atom. The van der Waals surface area contributed by atoms with Gasteiger partial charge in [0.15, 0.2) is 0 Å². The van der Waals surface area contributed by atoms with Gasteiger partial charge in [-0.1, -0.05) is 0 Å². The van der Waals surface area contributed by atoms with Gasteiger partial charge in [0.05, 0.1) is 0 Å². The van der Waals surface area contributed by atoms with Crippen LogP contribution in [0.3, 0.4) is 0 Å². The van der Waals surface area contributed by atoms with E-state index in [0.29, 0.717) is 5.76 Å². The second-order valence-corrected chi connectivity index (χ2v) is 11.9. The van der Waals surface area contributed by atoms with Gasteiger partial charge in [0, 0.05) is 0 Å². The fourth-order valence-electron chi connectivity index (χ4n) is 4.03. The molecule has 0 saturated heterocycles. The van der Waals surface area contributed by atoms with E-state index in [1.807, 2.05) is 0 Å². The van der Waals surface area contributed by atoms with Crippen LogP contribution in [-0.4, -0.2) is 19.0 Å². The van der Waals surface area contributed by atoms with Crippen molar-refractivity contribution >= 4 is 27.8 Å². The van der Waals surface area contributed by atoms with Crippen LogP contribution in [-0.2, 0) is 0 Å². The Morgan fingerprint density at radius 1 is 0.769 bits per heavy atom. The fourth-order valence-corrected chi connectivity index (χ4v) is 10.2. The minimum absolute atomic E-state index is 0.181. The van der Waals surface area contributed by atoms with Crippen molar-refractivity contribution in [2.45, 2.75) is 41.5 Å². The molecular formula is C23H25GeO2. The van der Waals surface area contributed by atoms with Gasteiger partial charge in [-0.05, 0) is 0 Å². The van der Waals surface area contributed by atoms with E-state index in [1.54, 1.807) is 18.4 Å². The van der Waals surface area contributed by atoms with Crippen molar-refractivity contribution in [2.24, 2.45) is 0 Å². The van der Waals surface area contributed by atoms with Crippen molar-refractivity contribution in [1.29, 1.82) is 0 Å². The van der Waals surface area contributed by atoms with E-state index >= 15 is 0 Å². The van der Waals surface area contributed by atoms with Crippen LogP contribution in [0.1, 0.15) is 43.9 Å². The molecule has 0 aliphatic rings. The fraction of sp³-hybridized carbons (Fsp3) is 0.261. The number of carbonyl (C=O) groups is 1. The molecule has 2 aromatic carbocycles. The number of carbonyl (C=O) groups excluding carboxylic acids is 1. The van der Waals surface area contributed by atoms with Crippen molar-refractivity contribution < 1.29 is 9.21 Å². The van der Waals surface area contributed by atoms with Crippen LogP contribution >= 0.6 is 0 Å². The van der Waals surface area contributed by atoms with Crippen LogP contribution in [0.5, 0.6) is 0 Å². The zero-order chi connectivity index (χ0) is 19.0. The summed E-state index contributed by atoms with van der Waals surface area (Å²) in [5.74, 6) is 0.485. The average Bonchev–Trinajstić information content (AvgIpc) is 3.05. The molecule has 1 aromatic heterocycles. The average molecular weight is 406 g/mol. The Kier molecular flexibility index (Phi) is 5.24. The van der Waals surface area contributed by atoms with E-state index in [4.69, 9.17) is 4.42 Å². The first-order valence-corrected chi connectivity index (χ1v) is 12.1. The summed E-state index contributed by atoms with van der Waals surface area (Å²) >= 11 is -2.53. The molecule has 3 heteroatoms. The number of hydrogen-bond acceptors (Lipinski definition) is 2. The normalized spacial score (nSPS) is 11.2. The van der Waals surface area contributed by atoms with Crippen molar-refractivity contribution in [1.82, 2.24) is 0 Å². The summed E-state index contributed by atoms with van der Waals surface area (Å²) in [5, 5.41) is 0. The number of furan rings is 1. The molecule has 133 valence electrons. The molecule has 0 saturated carbocycles. The second-order valence-electron chi connectivity index (χ2n) is 7.23. The molecule has 1 heterocycles. The summed E-state index contributed by atoms with van der Waals surface area (Å²) in [6.07, 6.45) is 1.59. The Balaban J connectivity index is 2.31. The van der Waals surface area contributed by atoms with Gasteiger partial charge in [0.25, 0.3) is 0 Å². The van der Waals surface area contributed by atoms with Crippen molar-refractivity contribution in [3.63, 3.8) is 0 Å². The van der Waals surface area contributed by atoms with Crippen LogP contribution in [0.15, 0.2) is 47.1 Å². The number of hydrogen-bond donors (Lipinski definition) is 0. The summed E-state index contributed by atoms with van der Waals surface area (Å²) < 4.78 is 8.21. The molecule has 0 aliphatic heterocycles. The maximum absolute atomic E-state index is 13.6. The topological polar surface area (TPSA) is 30.2 Å². The standard InChI is InChI=1S/C23H25GeO2/c1-14-10-16(3)21(17(4)11-14)24(23(25)20-8-7-9-26-20)22-18(5)12-15(2)13-19(22)6/h7-13H,1-6H3. The SMILES string of the molecule is Cc1cc(C)[c]([Ge]([C](=O)c2ccco2)[c]2c(C)cc(C)cc2C)c(C)c1. The molecule has 0 amide bonds. The predicted molar refractivity (Wildman–Crippen MR) is 109 cm³/mol. The molecule has 3 aromatic rings. The monoisotopic (exact) mass is 407 g/mol. The molecule has 1 radical (unpaired) electrons. The first-order valence-electron chi connectivity index (χ1n) is 8.91. The van der Waals surface area contributed by atoms with Gasteiger partial charge in [0.2, 0.25) is 0 Å². The van der Waals surface area contributed by atoms with Gasteiger partial charge in [-0.3, -0.25) is 0 Å². The van der Waals surface area contributed by atoms with Crippen LogP contribution in [0, 0.1) is 41.5 Å². The van der Waals surface area contributed by atoms with E-state index < -0.39 is 14.3 Å². The summed E-state index contributed by atoms with van der Waals surface area (Å²) in [4.78, 5) is 13.6. The van der Waals surface area contributed by atoms with Gasteiger partial charge in [-0.15, -0.1) is 0 Å².